The predicted molar refractivity (Wildman–Crippen MR) is 291 cm³/mol. The van der Waals surface area contributed by atoms with Crippen LogP contribution in [0.2, 0.25) is 0 Å². The van der Waals surface area contributed by atoms with E-state index in [0.717, 1.165) is 116 Å². The average Bonchev–Trinajstić information content (AvgIpc) is 4.01. The molecule has 0 saturated heterocycles. The third-order valence-corrected chi connectivity index (χ3v) is 13.5. The van der Waals surface area contributed by atoms with Crippen molar-refractivity contribution < 1.29 is 8.83 Å². The van der Waals surface area contributed by atoms with Gasteiger partial charge in [0.05, 0.1) is 11.4 Å². The second-order valence-corrected chi connectivity index (χ2v) is 18.1. The lowest BCUT2D eigenvalue weighted by Gasteiger charge is -2.12. The lowest BCUT2D eigenvalue weighted by Crippen LogP contribution is -2.00. The molecule has 7 heteroatoms. The van der Waals surface area contributed by atoms with Gasteiger partial charge in [0.2, 0.25) is 0 Å². The Morgan fingerprint density at radius 3 is 1.32 bits per heavy atom. The molecule has 0 aliphatic rings. The van der Waals surface area contributed by atoms with Gasteiger partial charge in [0.15, 0.2) is 23.3 Å². The van der Waals surface area contributed by atoms with Crippen molar-refractivity contribution in [1.82, 2.24) is 24.9 Å². The molecule has 336 valence electrons. The fourth-order valence-corrected chi connectivity index (χ4v) is 9.85. The third kappa shape index (κ3) is 7.44. The molecule has 0 N–H and O–H groups in total. The Morgan fingerprint density at radius 2 is 0.625 bits per heavy atom. The molecule has 4 heterocycles. The van der Waals surface area contributed by atoms with Crippen LogP contribution in [0.15, 0.2) is 245 Å². The highest BCUT2D eigenvalue weighted by Gasteiger charge is 2.18. The van der Waals surface area contributed by atoms with Crippen LogP contribution < -0.4 is 0 Å². The largest absolute Gasteiger partial charge is 0.456 e. The van der Waals surface area contributed by atoms with E-state index < -0.39 is 0 Å². The maximum atomic E-state index is 6.48. The van der Waals surface area contributed by atoms with Crippen molar-refractivity contribution in [3.05, 3.63) is 237 Å². The van der Waals surface area contributed by atoms with Crippen LogP contribution in [0.4, 0.5) is 0 Å². The SMILES string of the molecule is c1ccc(-c2ccc(-c3cc(-c4cccc(-c5cccc(-c6nc(-c7ccccc7)nc(-c7ccc8c(c7)oc7cc9ccccc9cc78)n6)c5)c4)nc(-c4ccc5c(c4)oc4ccccc45)n3)cc2)cc1. The number of para-hydroxylation sites is 1. The van der Waals surface area contributed by atoms with Crippen LogP contribution in [0.3, 0.4) is 0 Å². The summed E-state index contributed by atoms with van der Waals surface area (Å²) >= 11 is 0. The van der Waals surface area contributed by atoms with Gasteiger partial charge in [-0.3, -0.25) is 0 Å². The first-order valence-corrected chi connectivity index (χ1v) is 24.0. The molecule has 0 bridgehead atoms. The first-order chi connectivity index (χ1) is 35.6. The number of hydrogen-bond donors (Lipinski definition) is 0. The zero-order valence-corrected chi connectivity index (χ0v) is 38.6. The van der Waals surface area contributed by atoms with Gasteiger partial charge in [-0.2, -0.15) is 0 Å². The van der Waals surface area contributed by atoms with E-state index in [1.165, 1.54) is 5.39 Å². The first-order valence-electron chi connectivity index (χ1n) is 24.0. The van der Waals surface area contributed by atoms with Crippen molar-refractivity contribution in [2.24, 2.45) is 0 Å². The van der Waals surface area contributed by atoms with Gasteiger partial charge < -0.3 is 8.83 Å². The number of nitrogens with zero attached hydrogens (tertiary/aromatic N) is 5. The second-order valence-electron chi connectivity index (χ2n) is 18.1. The summed E-state index contributed by atoms with van der Waals surface area (Å²) in [5, 5.41) is 6.57. The number of hydrogen-bond acceptors (Lipinski definition) is 7. The van der Waals surface area contributed by atoms with E-state index in [9.17, 15) is 0 Å². The Labute approximate surface area is 413 Å². The highest BCUT2D eigenvalue weighted by atomic mass is 16.3. The quantitative estimate of drug-likeness (QED) is 0.150. The number of aromatic nitrogens is 5. The second kappa shape index (κ2) is 17.0. The Bertz CT molecular complexity index is 4390. The molecule has 0 saturated carbocycles. The third-order valence-electron chi connectivity index (χ3n) is 13.5. The summed E-state index contributed by atoms with van der Waals surface area (Å²) < 4.78 is 12.8. The number of furan rings is 2. The molecule has 0 aliphatic carbocycles. The first kappa shape index (κ1) is 41.2. The van der Waals surface area contributed by atoms with Crippen LogP contribution >= 0.6 is 0 Å². The maximum Gasteiger partial charge on any atom is 0.164 e. The van der Waals surface area contributed by atoms with Crippen molar-refractivity contribution in [2.45, 2.75) is 0 Å². The maximum absolute atomic E-state index is 6.48. The van der Waals surface area contributed by atoms with Crippen molar-refractivity contribution in [2.75, 3.05) is 0 Å². The highest BCUT2D eigenvalue weighted by molar-refractivity contribution is 6.11. The van der Waals surface area contributed by atoms with Crippen molar-refractivity contribution >= 4 is 54.6 Å². The molecule has 4 aromatic heterocycles. The zero-order chi connectivity index (χ0) is 47.5. The van der Waals surface area contributed by atoms with Crippen LogP contribution in [0, 0.1) is 0 Å². The number of rotatable bonds is 8. The molecule has 0 amide bonds. The molecule has 72 heavy (non-hydrogen) atoms. The molecule has 14 aromatic rings. The van der Waals surface area contributed by atoms with Gasteiger partial charge in [-0.05, 0) is 93.7 Å². The highest BCUT2D eigenvalue weighted by Crippen LogP contribution is 2.38. The smallest absolute Gasteiger partial charge is 0.164 e. The molecule has 0 fully saturated rings. The van der Waals surface area contributed by atoms with Crippen LogP contribution in [0.25, 0.3) is 145 Å². The van der Waals surface area contributed by atoms with Crippen LogP contribution in [-0.4, -0.2) is 24.9 Å². The van der Waals surface area contributed by atoms with Crippen LogP contribution in [0.1, 0.15) is 0 Å². The lowest BCUT2D eigenvalue weighted by atomic mass is 9.98. The zero-order valence-electron chi connectivity index (χ0n) is 38.6. The van der Waals surface area contributed by atoms with Gasteiger partial charge in [0.25, 0.3) is 0 Å². The summed E-state index contributed by atoms with van der Waals surface area (Å²) in [6.45, 7) is 0. The molecular weight excluding hydrogens is 883 g/mol. The molecule has 14 rings (SSSR count). The van der Waals surface area contributed by atoms with E-state index in [1.54, 1.807) is 0 Å². The van der Waals surface area contributed by atoms with E-state index in [4.69, 9.17) is 33.8 Å². The minimum atomic E-state index is 0.559. The van der Waals surface area contributed by atoms with Crippen LogP contribution in [-0.2, 0) is 0 Å². The Balaban J connectivity index is 0.852. The summed E-state index contributed by atoms with van der Waals surface area (Å²) in [5.41, 5.74) is 14.6. The fourth-order valence-electron chi connectivity index (χ4n) is 9.85. The topological polar surface area (TPSA) is 90.7 Å². The van der Waals surface area contributed by atoms with Gasteiger partial charge in [0, 0.05) is 54.9 Å². The summed E-state index contributed by atoms with van der Waals surface area (Å²) in [4.78, 5) is 25.8. The summed E-state index contributed by atoms with van der Waals surface area (Å²) in [6, 6.07) is 81.3. The Kier molecular flexibility index (Phi) is 9.70. The van der Waals surface area contributed by atoms with Gasteiger partial charge in [-0.15, -0.1) is 0 Å². The summed E-state index contributed by atoms with van der Waals surface area (Å²) in [5.74, 6) is 2.32. The minimum Gasteiger partial charge on any atom is -0.456 e. The van der Waals surface area contributed by atoms with E-state index >= 15 is 0 Å². The lowest BCUT2D eigenvalue weighted by molar-refractivity contribution is 0.669. The Hall–Kier alpha value is -9.85. The van der Waals surface area contributed by atoms with Crippen molar-refractivity contribution in [3.8, 4) is 90.3 Å². The summed E-state index contributed by atoms with van der Waals surface area (Å²) in [7, 11) is 0. The van der Waals surface area contributed by atoms with Gasteiger partial charge in [-0.1, -0.05) is 176 Å². The molecule has 0 atom stereocenters. The van der Waals surface area contributed by atoms with E-state index in [0.29, 0.717) is 23.3 Å². The van der Waals surface area contributed by atoms with Crippen molar-refractivity contribution in [1.29, 1.82) is 0 Å². The molecular formula is C65H39N5O2. The van der Waals surface area contributed by atoms with Gasteiger partial charge in [0.1, 0.15) is 22.3 Å². The fraction of sp³-hybridized carbons (Fsp3) is 0. The monoisotopic (exact) mass is 921 g/mol. The summed E-state index contributed by atoms with van der Waals surface area (Å²) in [6.07, 6.45) is 0. The molecule has 0 unspecified atom stereocenters. The van der Waals surface area contributed by atoms with E-state index in [-0.39, 0.29) is 0 Å². The number of fused-ring (bicyclic) bond motifs is 7. The Morgan fingerprint density at radius 1 is 0.208 bits per heavy atom. The van der Waals surface area contributed by atoms with E-state index in [1.807, 2.05) is 72.8 Å². The molecule has 7 nitrogen and oxygen atoms in total. The standard InChI is InChI=1S/C65H39N5O2/c1-3-13-40(14-4-1)41-25-27-42(28-26-41)56-39-57(67-63(66-56)50-29-31-53-52-23-9-10-24-58(52)71-59(53)37-50)48-21-11-19-44(33-48)45-20-12-22-49(34-45)64-68-62(43-15-5-2-6-16-43)69-65(70-64)51-30-32-54-55-35-46-17-7-8-18-47(46)36-61(55)72-60(54)38-51/h1-39H. The van der Waals surface area contributed by atoms with Gasteiger partial charge in [-0.25, -0.2) is 24.9 Å². The molecule has 0 aliphatic heterocycles. The number of benzene rings is 10. The van der Waals surface area contributed by atoms with Gasteiger partial charge >= 0.3 is 0 Å². The minimum absolute atomic E-state index is 0.559. The average molecular weight is 922 g/mol. The van der Waals surface area contributed by atoms with E-state index in [2.05, 4.69) is 164 Å². The normalized spacial score (nSPS) is 11.6. The molecule has 0 radical (unpaired) electrons. The predicted octanol–water partition coefficient (Wildman–Crippen LogP) is 16.9. The van der Waals surface area contributed by atoms with Crippen molar-refractivity contribution in [3.63, 3.8) is 0 Å². The van der Waals surface area contributed by atoms with Crippen LogP contribution in [0.5, 0.6) is 0 Å². The molecule has 0 spiro atoms. The molecule has 10 aromatic carbocycles.